The Balaban J connectivity index is 2.64. The zero-order chi connectivity index (χ0) is 12.7. The molecule has 1 aromatic rings. The molecule has 0 aliphatic rings. The lowest BCUT2D eigenvalue weighted by molar-refractivity contribution is 0.0984. The summed E-state index contributed by atoms with van der Waals surface area (Å²) in [6.45, 7) is 1.22. The van der Waals surface area contributed by atoms with Gasteiger partial charge in [-0.2, -0.15) is 0 Å². The molecule has 0 atom stereocenters. The fourth-order valence-electron chi connectivity index (χ4n) is 1.37. The van der Waals surface area contributed by atoms with E-state index in [0.717, 1.165) is 0 Å². The maximum atomic E-state index is 13.0. The Bertz CT molecular complexity index is 382. The zero-order valence-electron chi connectivity index (χ0n) is 9.96. The molecule has 0 saturated carbocycles. The van der Waals surface area contributed by atoms with Crippen molar-refractivity contribution in [1.82, 2.24) is 5.32 Å². The van der Waals surface area contributed by atoms with Crippen LogP contribution in [0.4, 0.5) is 4.39 Å². The molecule has 0 unspecified atom stereocenters. The summed E-state index contributed by atoms with van der Waals surface area (Å²) >= 11 is 0. The summed E-state index contributed by atoms with van der Waals surface area (Å²) in [4.78, 5) is 11.8. The summed E-state index contributed by atoms with van der Waals surface area (Å²) in [5.41, 5.74) is 0.248. The average Bonchev–Trinajstić information content (AvgIpc) is 2.34. The molecule has 17 heavy (non-hydrogen) atoms. The summed E-state index contributed by atoms with van der Waals surface area (Å²) in [6.07, 6.45) is 0. The van der Waals surface area contributed by atoms with Crippen molar-refractivity contribution in [1.29, 1.82) is 0 Å². The number of hydrogen-bond acceptors (Lipinski definition) is 4. The number of ether oxygens (including phenoxy) is 2. The van der Waals surface area contributed by atoms with Crippen LogP contribution < -0.4 is 10.1 Å². The molecule has 0 fully saturated rings. The number of benzene rings is 1. The minimum Gasteiger partial charge on any atom is -0.496 e. The van der Waals surface area contributed by atoms with Gasteiger partial charge in [-0.05, 0) is 18.2 Å². The van der Waals surface area contributed by atoms with Crippen molar-refractivity contribution in [2.75, 3.05) is 33.9 Å². The van der Waals surface area contributed by atoms with Crippen LogP contribution in [0.1, 0.15) is 10.4 Å². The maximum Gasteiger partial charge on any atom is 0.180 e. The first-order valence-corrected chi connectivity index (χ1v) is 5.25. The number of ketones is 1. The third-order valence-corrected chi connectivity index (χ3v) is 2.23. The molecule has 4 nitrogen and oxygen atoms in total. The molecule has 0 spiro atoms. The van der Waals surface area contributed by atoms with E-state index in [1.807, 2.05) is 0 Å². The second-order valence-electron chi connectivity index (χ2n) is 3.44. The molecule has 0 aromatic heterocycles. The van der Waals surface area contributed by atoms with Gasteiger partial charge in [0.2, 0.25) is 0 Å². The van der Waals surface area contributed by atoms with E-state index in [4.69, 9.17) is 9.47 Å². The molecular formula is C12H16FNO3. The molecule has 1 aromatic carbocycles. The highest BCUT2D eigenvalue weighted by Crippen LogP contribution is 2.19. The lowest BCUT2D eigenvalue weighted by Gasteiger charge is -2.08. The molecule has 0 radical (unpaired) electrons. The summed E-state index contributed by atoms with van der Waals surface area (Å²) in [7, 11) is 3.03. The fraction of sp³-hybridized carbons (Fsp3) is 0.417. The van der Waals surface area contributed by atoms with Gasteiger partial charge in [-0.3, -0.25) is 4.79 Å². The quantitative estimate of drug-likeness (QED) is 0.576. The summed E-state index contributed by atoms with van der Waals surface area (Å²) in [5.74, 6) is -0.284. The van der Waals surface area contributed by atoms with Crippen molar-refractivity contribution in [3.63, 3.8) is 0 Å². The number of hydrogen-bond donors (Lipinski definition) is 1. The van der Waals surface area contributed by atoms with Crippen LogP contribution in [0.15, 0.2) is 18.2 Å². The standard InChI is InChI=1S/C12H16FNO3/c1-16-6-5-14-8-11(15)10-7-9(13)3-4-12(10)17-2/h3-4,7,14H,5-6,8H2,1-2H3. The molecule has 5 heteroatoms. The topological polar surface area (TPSA) is 47.6 Å². The predicted molar refractivity (Wildman–Crippen MR) is 62.0 cm³/mol. The lowest BCUT2D eigenvalue weighted by Crippen LogP contribution is -2.26. The smallest absolute Gasteiger partial charge is 0.180 e. The van der Waals surface area contributed by atoms with Crippen LogP contribution in [-0.4, -0.2) is 39.7 Å². The Morgan fingerprint density at radius 3 is 2.82 bits per heavy atom. The largest absolute Gasteiger partial charge is 0.496 e. The molecule has 1 rings (SSSR count). The number of carbonyl (C=O) groups excluding carboxylic acids is 1. The van der Waals surface area contributed by atoms with Crippen molar-refractivity contribution in [2.45, 2.75) is 0 Å². The first-order valence-electron chi connectivity index (χ1n) is 5.25. The SMILES string of the molecule is COCCNCC(=O)c1cc(F)ccc1OC. The highest BCUT2D eigenvalue weighted by atomic mass is 19.1. The van der Waals surface area contributed by atoms with Gasteiger partial charge in [-0.1, -0.05) is 0 Å². The summed E-state index contributed by atoms with van der Waals surface area (Å²) in [5, 5.41) is 2.90. The highest BCUT2D eigenvalue weighted by molar-refractivity contribution is 6.00. The van der Waals surface area contributed by atoms with E-state index >= 15 is 0 Å². The van der Waals surface area contributed by atoms with Crippen molar-refractivity contribution in [3.05, 3.63) is 29.6 Å². The minimum absolute atomic E-state index is 0.128. The van der Waals surface area contributed by atoms with E-state index < -0.39 is 5.82 Å². The van der Waals surface area contributed by atoms with Gasteiger partial charge in [0.1, 0.15) is 11.6 Å². The highest BCUT2D eigenvalue weighted by Gasteiger charge is 2.12. The Labute approximate surface area is 99.7 Å². The number of Topliss-reactive ketones (excluding diaryl/α,β-unsaturated/α-hetero) is 1. The molecular weight excluding hydrogens is 225 g/mol. The van der Waals surface area contributed by atoms with E-state index in [2.05, 4.69) is 5.32 Å². The van der Waals surface area contributed by atoms with Crippen LogP contribution in [0.5, 0.6) is 5.75 Å². The van der Waals surface area contributed by atoms with Crippen molar-refractivity contribution in [2.24, 2.45) is 0 Å². The van der Waals surface area contributed by atoms with E-state index in [1.54, 1.807) is 7.11 Å². The molecule has 0 saturated heterocycles. The second kappa shape index (κ2) is 6.98. The number of nitrogens with one attached hydrogen (secondary N) is 1. The Kier molecular flexibility index (Phi) is 5.59. The third-order valence-electron chi connectivity index (χ3n) is 2.23. The summed E-state index contributed by atoms with van der Waals surface area (Å²) in [6, 6.07) is 3.88. The van der Waals surface area contributed by atoms with E-state index in [1.165, 1.54) is 25.3 Å². The normalized spacial score (nSPS) is 10.3. The Hall–Kier alpha value is -1.46. The van der Waals surface area contributed by atoms with Gasteiger partial charge in [0.25, 0.3) is 0 Å². The first-order chi connectivity index (χ1) is 8.19. The molecule has 0 aliphatic carbocycles. The van der Waals surface area contributed by atoms with Gasteiger partial charge >= 0.3 is 0 Å². The van der Waals surface area contributed by atoms with Crippen LogP contribution in [0.2, 0.25) is 0 Å². The number of carbonyl (C=O) groups is 1. The predicted octanol–water partition coefficient (Wildman–Crippen LogP) is 1.25. The average molecular weight is 241 g/mol. The van der Waals surface area contributed by atoms with Crippen molar-refractivity contribution < 1.29 is 18.7 Å². The van der Waals surface area contributed by atoms with Crippen molar-refractivity contribution in [3.8, 4) is 5.75 Å². The number of rotatable bonds is 7. The fourth-order valence-corrected chi connectivity index (χ4v) is 1.37. The van der Waals surface area contributed by atoms with Crippen molar-refractivity contribution >= 4 is 5.78 Å². The van der Waals surface area contributed by atoms with Crippen LogP contribution in [0, 0.1) is 5.82 Å². The van der Waals surface area contributed by atoms with Gasteiger partial charge in [0, 0.05) is 13.7 Å². The molecule has 0 bridgehead atoms. The lowest BCUT2D eigenvalue weighted by atomic mass is 10.1. The van der Waals surface area contributed by atoms with Crippen LogP contribution in [0.25, 0.3) is 0 Å². The van der Waals surface area contributed by atoms with Gasteiger partial charge in [-0.15, -0.1) is 0 Å². The third kappa shape index (κ3) is 4.13. The van der Waals surface area contributed by atoms with Gasteiger partial charge in [0.05, 0.1) is 25.8 Å². The van der Waals surface area contributed by atoms with Crippen LogP contribution >= 0.6 is 0 Å². The zero-order valence-corrected chi connectivity index (χ0v) is 9.96. The first kappa shape index (κ1) is 13.6. The van der Waals surface area contributed by atoms with Gasteiger partial charge < -0.3 is 14.8 Å². The Morgan fingerprint density at radius 2 is 2.18 bits per heavy atom. The number of halogens is 1. The maximum absolute atomic E-state index is 13.0. The molecule has 0 heterocycles. The summed E-state index contributed by atoms with van der Waals surface area (Å²) < 4.78 is 22.9. The van der Waals surface area contributed by atoms with Crippen LogP contribution in [-0.2, 0) is 4.74 Å². The molecule has 0 aliphatic heterocycles. The van der Waals surface area contributed by atoms with Gasteiger partial charge in [0.15, 0.2) is 5.78 Å². The van der Waals surface area contributed by atoms with E-state index in [0.29, 0.717) is 18.9 Å². The molecule has 1 N–H and O–H groups in total. The van der Waals surface area contributed by atoms with E-state index in [-0.39, 0.29) is 17.9 Å². The monoisotopic (exact) mass is 241 g/mol. The Morgan fingerprint density at radius 1 is 1.41 bits per heavy atom. The van der Waals surface area contributed by atoms with Crippen LogP contribution in [0.3, 0.4) is 0 Å². The minimum atomic E-state index is -0.453. The molecule has 0 amide bonds. The molecule has 94 valence electrons. The number of methoxy groups -OCH3 is 2. The van der Waals surface area contributed by atoms with E-state index in [9.17, 15) is 9.18 Å². The second-order valence-corrected chi connectivity index (χ2v) is 3.44. The van der Waals surface area contributed by atoms with Gasteiger partial charge in [-0.25, -0.2) is 4.39 Å².